The van der Waals surface area contributed by atoms with E-state index in [1.807, 2.05) is 18.2 Å². The van der Waals surface area contributed by atoms with Gasteiger partial charge in [0.1, 0.15) is 17.6 Å². The van der Waals surface area contributed by atoms with Gasteiger partial charge in [-0.1, -0.05) is 0 Å². The van der Waals surface area contributed by atoms with Gasteiger partial charge in [0.25, 0.3) is 0 Å². The number of nitrogens with two attached hydrogens (primary N) is 1. The van der Waals surface area contributed by atoms with Crippen LogP contribution >= 0.6 is 0 Å². The van der Waals surface area contributed by atoms with E-state index in [0.29, 0.717) is 17.7 Å². The Bertz CT molecular complexity index is 1280. The Labute approximate surface area is 198 Å². The summed E-state index contributed by atoms with van der Waals surface area (Å²) in [6.07, 6.45) is 10.5. The summed E-state index contributed by atoms with van der Waals surface area (Å²) in [5.74, 6) is 2.08. The molecular formula is C27H28N4O3. The first-order chi connectivity index (χ1) is 16.8. The molecule has 1 saturated carbocycles. The fourth-order valence-electron chi connectivity index (χ4n) is 4.83. The van der Waals surface area contributed by atoms with Crippen molar-refractivity contribution in [3.05, 3.63) is 61.1 Å². The average Bonchev–Trinajstić information content (AvgIpc) is 3.11. The number of ether oxygens (including phenoxy) is 3. The van der Waals surface area contributed by atoms with Crippen LogP contribution in [-0.2, 0) is 4.74 Å². The molecule has 1 aliphatic heterocycles. The van der Waals surface area contributed by atoms with E-state index in [-0.39, 0.29) is 6.10 Å². The second-order valence-corrected chi connectivity index (χ2v) is 9.00. The Morgan fingerprint density at radius 1 is 0.941 bits per heavy atom. The maximum absolute atomic E-state index is 6.76. The average molecular weight is 457 g/mol. The summed E-state index contributed by atoms with van der Waals surface area (Å²) in [7, 11) is 0. The van der Waals surface area contributed by atoms with Crippen molar-refractivity contribution in [2.45, 2.75) is 44.2 Å². The molecule has 1 aliphatic carbocycles. The van der Waals surface area contributed by atoms with Crippen LogP contribution in [0.3, 0.4) is 0 Å². The second-order valence-electron chi connectivity index (χ2n) is 9.00. The molecule has 0 spiro atoms. The molecule has 0 unspecified atom stereocenters. The zero-order valence-corrected chi connectivity index (χ0v) is 19.0. The third-order valence-electron chi connectivity index (χ3n) is 6.82. The quantitative estimate of drug-likeness (QED) is 0.397. The first-order valence-electron chi connectivity index (χ1n) is 12.0. The van der Waals surface area contributed by atoms with Gasteiger partial charge in [-0.3, -0.25) is 4.98 Å². The Balaban J connectivity index is 1.36. The van der Waals surface area contributed by atoms with Crippen molar-refractivity contribution in [2.75, 3.05) is 18.9 Å². The largest absolute Gasteiger partial charge is 0.490 e. The Hall–Kier alpha value is -3.58. The van der Waals surface area contributed by atoms with Crippen LogP contribution in [0.1, 0.15) is 38.1 Å². The van der Waals surface area contributed by atoms with E-state index in [4.69, 9.17) is 19.9 Å². The first-order valence-corrected chi connectivity index (χ1v) is 12.0. The topological polar surface area (TPSA) is 84.4 Å². The number of hydrogen-bond donors (Lipinski definition) is 1. The number of anilines is 1. The predicted octanol–water partition coefficient (Wildman–Crippen LogP) is 5.76. The van der Waals surface area contributed by atoms with E-state index in [1.54, 1.807) is 18.6 Å². The zero-order chi connectivity index (χ0) is 22.9. The predicted molar refractivity (Wildman–Crippen MR) is 131 cm³/mol. The molecule has 2 N–H and O–H groups in total. The third kappa shape index (κ3) is 3.96. The molecule has 6 rings (SSSR count). The summed E-state index contributed by atoms with van der Waals surface area (Å²) in [6, 6.07) is 14.8. The van der Waals surface area contributed by atoms with E-state index in [1.165, 1.54) is 6.42 Å². The molecular weight excluding hydrogens is 428 g/mol. The second kappa shape index (κ2) is 8.99. The van der Waals surface area contributed by atoms with Gasteiger partial charge in [-0.2, -0.15) is 0 Å². The maximum Gasteiger partial charge on any atom is 0.237 e. The number of aromatic nitrogens is 3. The molecule has 2 aliphatic rings. The van der Waals surface area contributed by atoms with Crippen molar-refractivity contribution in [1.82, 2.24) is 14.5 Å². The van der Waals surface area contributed by atoms with Crippen LogP contribution in [0.5, 0.6) is 17.4 Å². The maximum atomic E-state index is 6.76. The van der Waals surface area contributed by atoms with Crippen molar-refractivity contribution in [3.63, 3.8) is 0 Å². The van der Waals surface area contributed by atoms with Crippen molar-refractivity contribution in [1.29, 1.82) is 0 Å². The van der Waals surface area contributed by atoms with Crippen LogP contribution in [0.15, 0.2) is 61.1 Å². The third-order valence-corrected chi connectivity index (χ3v) is 6.82. The lowest BCUT2D eigenvalue weighted by molar-refractivity contribution is 0.0256. The molecule has 3 heterocycles. The molecule has 174 valence electrons. The van der Waals surface area contributed by atoms with E-state index < -0.39 is 0 Å². The van der Waals surface area contributed by atoms with Gasteiger partial charge in [0.2, 0.25) is 5.88 Å². The van der Waals surface area contributed by atoms with Gasteiger partial charge in [0.05, 0.1) is 36.3 Å². The molecule has 2 fully saturated rings. The number of nitrogens with zero attached hydrogens (tertiary/aromatic N) is 3. The Kier molecular flexibility index (Phi) is 5.55. The van der Waals surface area contributed by atoms with Gasteiger partial charge in [-0.15, -0.1) is 0 Å². The van der Waals surface area contributed by atoms with E-state index in [0.717, 1.165) is 72.5 Å². The highest BCUT2D eigenvalue weighted by Crippen LogP contribution is 2.45. The fourth-order valence-corrected chi connectivity index (χ4v) is 4.83. The SMILES string of the molecule is Nc1c(-c2ccc(Oc3cnccn3)cc2)n(C2CCC2)c2cc(OC3CCOCC3)ccc12. The molecule has 2 aromatic heterocycles. The van der Waals surface area contributed by atoms with Gasteiger partial charge in [-0.25, -0.2) is 4.98 Å². The standard InChI is InChI=1S/C27H28N4O3/c28-26-23-9-8-22(33-21-10-14-32-15-11-21)16-24(23)31(19-2-1-3-19)27(26)18-4-6-20(7-5-18)34-25-17-29-12-13-30-25/h4-9,12-13,16-17,19,21H,1-3,10-11,14-15,28H2. The van der Waals surface area contributed by atoms with Gasteiger partial charge in [-0.05, 0) is 55.7 Å². The van der Waals surface area contributed by atoms with E-state index in [2.05, 4.69) is 38.8 Å². The van der Waals surface area contributed by atoms with Crippen LogP contribution in [0.4, 0.5) is 5.69 Å². The van der Waals surface area contributed by atoms with Gasteiger partial charge in [0.15, 0.2) is 0 Å². The minimum atomic E-state index is 0.206. The normalized spacial score (nSPS) is 16.9. The van der Waals surface area contributed by atoms with Gasteiger partial charge >= 0.3 is 0 Å². The minimum Gasteiger partial charge on any atom is -0.490 e. The summed E-state index contributed by atoms with van der Waals surface area (Å²) in [5.41, 5.74) is 10.8. The van der Waals surface area contributed by atoms with Crippen molar-refractivity contribution in [3.8, 4) is 28.6 Å². The van der Waals surface area contributed by atoms with Gasteiger partial charge < -0.3 is 24.5 Å². The molecule has 1 saturated heterocycles. The summed E-state index contributed by atoms with van der Waals surface area (Å²) >= 11 is 0. The highest BCUT2D eigenvalue weighted by molar-refractivity contribution is 6.01. The molecule has 0 bridgehead atoms. The molecule has 7 nitrogen and oxygen atoms in total. The van der Waals surface area contributed by atoms with Crippen LogP contribution in [0.25, 0.3) is 22.2 Å². The first kappa shape index (κ1) is 21.0. The summed E-state index contributed by atoms with van der Waals surface area (Å²) in [6.45, 7) is 1.53. The summed E-state index contributed by atoms with van der Waals surface area (Å²) in [5, 5.41) is 1.07. The molecule has 0 amide bonds. The number of hydrogen-bond acceptors (Lipinski definition) is 6. The molecule has 34 heavy (non-hydrogen) atoms. The molecule has 0 radical (unpaired) electrons. The number of benzene rings is 2. The highest BCUT2D eigenvalue weighted by atomic mass is 16.5. The summed E-state index contributed by atoms with van der Waals surface area (Å²) < 4.78 is 20.0. The highest BCUT2D eigenvalue weighted by Gasteiger charge is 2.27. The van der Waals surface area contributed by atoms with Crippen molar-refractivity contribution >= 4 is 16.6 Å². The van der Waals surface area contributed by atoms with Crippen LogP contribution in [0, 0.1) is 0 Å². The van der Waals surface area contributed by atoms with Crippen LogP contribution < -0.4 is 15.2 Å². The smallest absolute Gasteiger partial charge is 0.237 e. The fraction of sp³-hybridized carbons (Fsp3) is 0.333. The minimum absolute atomic E-state index is 0.206. The molecule has 4 aromatic rings. The number of nitrogen functional groups attached to an aromatic ring is 1. The number of fused-ring (bicyclic) bond motifs is 1. The lowest BCUT2D eigenvalue weighted by atomic mass is 9.92. The lowest BCUT2D eigenvalue weighted by Crippen LogP contribution is -2.25. The van der Waals surface area contributed by atoms with Crippen molar-refractivity contribution < 1.29 is 14.2 Å². The van der Waals surface area contributed by atoms with E-state index >= 15 is 0 Å². The van der Waals surface area contributed by atoms with E-state index in [9.17, 15) is 0 Å². The van der Waals surface area contributed by atoms with Crippen LogP contribution in [0.2, 0.25) is 0 Å². The molecule has 2 aromatic carbocycles. The lowest BCUT2D eigenvalue weighted by Gasteiger charge is -2.30. The zero-order valence-electron chi connectivity index (χ0n) is 19.0. The van der Waals surface area contributed by atoms with Crippen LogP contribution in [-0.4, -0.2) is 33.9 Å². The Morgan fingerprint density at radius 2 is 1.74 bits per heavy atom. The molecule has 0 atom stereocenters. The van der Waals surface area contributed by atoms with Gasteiger partial charge in [0, 0.05) is 48.3 Å². The molecule has 7 heteroatoms. The Morgan fingerprint density at radius 3 is 2.44 bits per heavy atom. The van der Waals surface area contributed by atoms with Crippen molar-refractivity contribution in [2.24, 2.45) is 0 Å². The monoisotopic (exact) mass is 456 g/mol. The number of rotatable bonds is 6. The summed E-state index contributed by atoms with van der Waals surface area (Å²) in [4.78, 5) is 8.22.